The average Bonchev–Trinajstić information content (AvgIpc) is 2.76. The van der Waals surface area contributed by atoms with Gasteiger partial charge in [-0.05, 0) is 17.7 Å². The Morgan fingerprint density at radius 3 is 2.34 bits per heavy atom. The zero-order valence-electron chi connectivity index (χ0n) is 16.6. The number of hydrogen-bond donors (Lipinski definition) is 8. The van der Waals surface area contributed by atoms with E-state index >= 15 is 0 Å². The van der Waals surface area contributed by atoms with Crippen molar-refractivity contribution in [3.05, 3.63) is 41.5 Å². The van der Waals surface area contributed by atoms with Gasteiger partial charge in [0.05, 0.1) is 12.7 Å². The van der Waals surface area contributed by atoms with Crippen LogP contribution < -0.4 is 9.47 Å². The van der Waals surface area contributed by atoms with Crippen molar-refractivity contribution in [1.29, 1.82) is 0 Å². The van der Waals surface area contributed by atoms with Crippen LogP contribution in [0.25, 0.3) is 0 Å². The summed E-state index contributed by atoms with van der Waals surface area (Å²) in [6.45, 7) is -0.633. The molecule has 2 aliphatic heterocycles. The van der Waals surface area contributed by atoms with Gasteiger partial charge in [0, 0.05) is 24.1 Å². The lowest BCUT2D eigenvalue weighted by molar-refractivity contribution is -0.277. The molecule has 2 aliphatic rings. The number of hydrogen-bond acceptors (Lipinski definition) is 11. The Bertz CT molecular complexity index is 978. The molecular weight excluding hydrogens is 428 g/mol. The Morgan fingerprint density at radius 2 is 1.66 bits per heavy atom. The van der Waals surface area contributed by atoms with E-state index in [2.05, 4.69) is 0 Å². The Hall–Kier alpha value is -2.80. The summed E-state index contributed by atoms with van der Waals surface area (Å²) >= 11 is 0. The molecule has 1 fully saturated rings. The number of phenolic OH excluding ortho intramolecular Hbond substituents is 3. The number of aromatic hydroxyl groups is 3. The van der Waals surface area contributed by atoms with Crippen molar-refractivity contribution in [2.24, 2.45) is 0 Å². The zero-order chi connectivity index (χ0) is 23.2. The first-order valence-corrected chi connectivity index (χ1v) is 9.89. The Labute approximate surface area is 181 Å². The summed E-state index contributed by atoms with van der Waals surface area (Å²) in [6, 6.07) is 6.49. The molecule has 2 aromatic rings. The fraction of sp³-hybridized carbons (Fsp3) is 0.429. The highest BCUT2D eigenvalue weighted by atomic mass is 16.7. The molecule has 1 saturated heterocycles. The van der Waals surface area contributed by atoms with Gasteiger partial charge in [0.15, 0.2) is 11.5 Å². The number of aliphatic hydroxyl groups excluding tert-OH is 5. The topological polar surface area (TPSA) is 190 Å². The van der Waals surface area contributed by atoms with Crippen molar-refractivity contribution in [2.45, 2.75) is 49.3 Å². The molecule has 8 N–H and O–H groups in total. The summed E-state index contributed by atoms with van der Waals surface area (Å²) in [5.41, 5.74) is 0.727. The largest absolute Gasteiger partial charge is 0.508 e. The fourth-order valence-corrected chi connectivity index (χ4v) is 3.85. The normalized spacial score (nSPS) is 32.1. The SMILES string of the molecule is OC[C@H]1O[C@@H](Oc2cc(O)cc3c2CC(O)C(c2ccc(O)c(O)c2)O3)[C@H](O)[C@@H](O)[C@@H]1O. The van der Waals surface area contributed by atoms with Gasteiger partial charge in [-0.1, -0.05) is 6.07 Å². The van der Waals surface area contributed by atoms with Crippen molar-refractivity contribution >= 4 is 0 Å². The van der Waals surface area contributed by atoms with Crippen LogP contribution in [-0.2, 0) is 11.2 Å². The Morgan fingerprint density at radius 1 is 0.906 bits per heavy atom. The van der Waals surface area contributed by atoms with Crippen LogP contribution >= 0.6 is 0 Å². The zero-order valence-corrected chi connectivity index (χ0v) is 16.6. The first-order chi connectivity index (χ1) is 15.2. The van der Waals surface area contributed by atoms with Gasteiger partial charge in [0.1, 0.15) is 47.8 Å². The minimum Gasteiger partial charge on any atom is -0.508 e. The van der Waals surface area contributed by atoms with Gasteiger partial charge >= 0.3 is 0 Å². The molecule has 0 bridgehead atoms. The maximum atomic E-state index is 10.7. The standard InChI is InChI=1S/C21H24O11/c22-7-16-17(27)18(28)19(29)21(32-16)31-15-5-9(23)4-14-10(15)6-13(26)20(30-14)8-1-2-11(24)12(25)3-8/h1-5,13,16-29H,6-7H2/t13?,16-,17-,18+,19-,20?,21-/m1/s1. The van der Waals surface area contributed by atoms with Gasteiger partial charge in [0.2, 0.25) is 6.29 Å². The third-order valence-electron chi connectivity index (χ3n) is 5.59. The number of ether oxygens (including phenoxy) is 3. The second-order valence-corrected chi connectivity index (χ2v) is 7.79. The first kappa shape index (κ1) is 22.4. The van der Waals surface area contributed by atoms with E-state index in [1.165, 1.54) is 30.3 Å². The van der Waals surface area contributed by atoms with Crippen molar-refractivity contribution in [2.75, 3.05) is 6.61 Å². The molecule has 0 aliphatic carbocycles. The van der Waals surface area contributed by atoms with E-state index in [-0.39, 0.29) is 35.2 Å². The highest BCUT2D eigenvalue weighted by Crippen LogP contribution is 2.44. The van der Waals surface area contributed by atoms with Gasteiger partial charge in [-0.2, -0.15) is 0 Å². The van der Waals surface area contributed by atoms with E-state index in [1.54, 1.807) is 0 Å². The lowest BCUT2D eigenvalue weighted by Gasteiger charge is -2.40. The van der Waals surface area contributed by atoms with Crippen LogP contribution in [0.1, 0.15) is 17.2 Å². The highest BCUT2D eigenvalue weighted by Gasteiger charge is 2.45. The Balaban J connectivity index is 1.62. The molecule has 2 heterocycles. The first-order valence-electron chi connectivity index (χ1n) is 9.89. The average molecular weight is 452 g/mol. The number of phenols is 3. The lowest BCUT2D eigenvalue weighted by Crippen LogP contribution is -2.60. The van der Waals surface area contributed by atoms with Gasteiger partial charge in [0.25, 0.3) is 0 Å². The predicted octanol–water partition coefficient (Wildman–Crippen LogP) is -0.981. The van der Waals surface area contributed by atoms with Crippen LogP contribution in [-0.4, -0.2) is 84.3 Å². The molecule has 0 aromatic heterocycles. The number of rotatable bonds is 4. The van der Waals surface area contributed by atoms with Gasteiger partial charge in [-0.3, -0.25) is 0 Å². The predicted molar refractivity (Wildman–Crippen MR) is 105 cm³/mol. The minimum absolute atomic E-state index is 0.00428. The Kier molecular flexibility index (Phi) is 6.03. The van der Waals surface area contributed by atoms with Crippen LogP contribution in [0.5, 0.6) is 28.7 Å². The van der Waals surface area contributed by atoms with Crippen LogP contribution in [0.3, 0.4) is 0 Å². The number of aliphatic hydroxyl groups is 5. The van der Waals surface area contributed by atoms with Crippen LogP contribution in [0.4, 0.5) is 0 Å². The van der Waals surface area contributed by atoms with E-state index < -0.39 is 49.5 Å². The van der Waals surface area contributed by atoms with Crippen molar-refractivity contribution in [3.8, 4) is 28.7 Å². The number of benzene rings is 2. The molecule has 2 unspecified atom stereocenters. The maximum absolute atomic E-state index is 10.7. The van der Waals surface area contributed by atoms with E-state index in [0.717, 1.165) is 0 Å². The van der Waals surface area contributed by atoms with Gasteiger partial charge < -0.3 is 55.1 Å². The second-order valence-electron chi connectivity index (χ2n) is 7.79. The molecule has 0 radical (unpaired) electrons. The molecule has 11 nitrogen and oxygen atoms in total. The molecule has 32 heavy (non-hydrogen) atoms. The third kappa shape index (κ3) is 4.01. The molecule has 0 amide bonds. The van der Waals surface area contributed by atoms with Crippen LogP contribution in [0, 0.1) is 0 Å². The van der Waals surface area contributed by atoms with Crippen molar-refractivity contribution < 1.29 is 55.1 Å². The quantitative estimate of drug-likeness (QED) is 0.266. The molecular formula is C21H24O11. The van der Waals surface area contributed by atoms with Crippen molar-refractivity contribution in [1.82, 2.24) is 0 Å². The van der Waals surface area contributed by atoms with Crippen LogP contribution in [0.2, 0.25) is 0 Å². The van der Waals surface area contributed by atoms with Gasteiger partial charge in [-0.25, -0.2) is 0 Å². The van der Waals surface area contributed by atoms with Crippen molar-refractivity contribution in [3.63, 3.8) is 0 Å². The summed E-state index contributed by atoms with van der Waals surface area (Å²) in [5.74, 6) is -0.811. The summed E-state index contributed by atoms with van der Waals surface area (Å²) < 4.78 is 16.8. The van der Waals surface area contributed by atoms with E-state index in [1.807, 2.05) is 0 Å². The van der Waals surface area contributed by atoms with E-state index in [0.29, 0.717) is 11.1 Å². The summed E-state index contributed by atoms with van der Waals surface area (Å²) in [5, 5.41) is 79.5. The maximum Gasteiger partial charge on any atom is 0.229 e. The molecule has 11 heteroatoms. The molecule has 0 saturated carbocycles. The lowest BCUT2D eigenvalue weighted by atomic mass is 9.93. The third-order valence-corrected chi connectivity index (χ3v) is 5.59. The minimum atomic E-state index is -1.66. The summed E-state index contributed by atoms with van der Waals surface area (Å²) in [4.78, 5) is 0. The molecule has 174 valence electrons. The fourth-order valence-electron chi connectivity index (χ4n) is 3.85. The van der Waals surface area contributed by atoms with Crippen LogP contribution in [0.15, 0.2) is 30.3 Å². The molecule has 2 aromatic carbocycles. The van der Waals surface area contributed by atoms with E-state index in [9.17, 15) is 40.9 Å². The number of fused-ring (bicyclic) bond motifs is 1. The molecule has 0 spiro atoms. The second kappa shape index (κ2) is 8.62. The summed E-state index contributed by atoms with van der Waals surface area (Å²) in [6.07, 6.45) is -9.56. The molecule has 4 rings (SSSR count). The molecule has 7 atom stereocenters. The monoisotopic (exact) mass is 452 g/mol. The highest BCUT2D eigenvalue weighted by molar-refractivity contribution is 5.52. The van der Waals surface area contributed by atoms with Gasteiger partial charge in [-0.15, -0.1) is 0 Å². The smallest absolute Gasteiger partial charge is 0.229 e. The summed E-state index contributed by atoms with van der Waals surface area (Å²) in [7, 11) is 0. The van der Waals surface area contributed by atoms with E-state index in [4.69, 9.17) is 14.2 Å².